The number of rotatable bonds is 4. The number of hydrogen-bond acceptors (Lipinski definition) is 6. The van der Waals surface area contributed by atoms with E-state index < -0.39 is 11.5 Å². The highest BCUT2D eigenvalue weighted by atomic mass is 79.9. The molecule has 0 aliphatic heterocycles. The van der Waals surface area contributed by atoms with Gasteiger partial charge in [-0.25, -0.2) is 9.78 Å². The van der Waals surface area contributed by atoms with Crippen molar-refractivity contribution in [2.24, 2.45) is 5.10 Å². The molecule has 0 saturated heterocycles. The normalized spacial score (nSPS) is 11.6. The number of halogens is 2. The van der Waals surface area contributed by atoms with Crippen LogP contribution < -0.4 is 10.6 Å². The fourth-order valence-corrected chi connectivity index (χ4v) is 5.71. The summed E-state index contributed by atoms with van der Waals surface area (Å²) in [6.45, 7) is 0. The van der Waals surface area contributed by atoms with E-state index in [4.69, 9.17) is 4.42 Å². The fraction of sp³-hybridized carbons (Fsp3) is 0. The molecule has 0 aliphatic rings. The molecule has 0 saturated carbocycles. The Morgan fingerprint density at radius 3 is 2.54 bits per heavy atom. The highest BCUT2D eigenvalue weighted by molar-refractivity contribution is 9.10. The lowest BCUT2D eigenvalue weighted by Gasteiger charge is -2.14. The maximum atomic E-state index is 13.9. The summed E-state index contributed by atoms with van der Waals surface area (Å²) in [6, 6.07) is 26.1. The lowest BCUT2D eigenvalue weighted by atomic mass is 10.0. The molecule has 0 bridgehead atoms. The van der Waals surface area contributed by atoms with E-state index >= 15 is 0 Å². The van der Waals surface area contributed by atoms with Gasteiger partial charge in [-0.3, -0.25) is 4.79 Å². The first-order valence-corrected chi connectivity index (χ1v) is 13.5. The van der Waals surface area contributed by atoms with Gasteiger partial charge >= 0.3 is 5.63 Å². The molecule has 6 nitrogen and oxygen atoms in total. The van der Waals surface area contributed by atoms with E-state index in [-0.39, 0.29) is 5.56 Å². The fourth-order valence-electron chi connectivity index (χ4n) is 3.97. The maximum Gasteiger partial charge on any atom is 0.349 e. The molecule has 9 heteroatoms. The third-order valence-electron chi connectivity index (χ3n) is 5.78. The van der Waals surface area contributed by atoms with Gasteiger partial charge in [-0.15, -0.1) is 0 Å². The molecule has 2 heterocycles. The highest BCUT2D eigenvalue weighted by Gasteiger charge is 2.25. The summed E-state index contributed by atoms with van der Waals surface area (Å²) in [7, 11) is 0. The van der Waals surface area contributed by atoms with Crippen molar-refractivity contribution in [2.45, 2.75) is 0 Å². The number of hydrogen-bond donors (Lipinski definition) is 0. The van der Waals surface area contributed by atoms with Gasteiger partial charge in [0.25, 0.3) is 5.91 Å². The van der Waals surface area contributed by atoms with Gasteiger partial charge < -0.3 is 4.42 Å². The smallest absolute Gasteiger partial charge is 0.349 e. The van der Waals surface area contributed by atoms with E-state index in [0.29, 0.717) is 16.1 Å². The van der Waals surface area contributed by atoms with Crippen LogP contribution in [0.3, 0.4) is 0 Å². The first-order chi connectivity index (χ1) is 18.0. The molecular formula is C28H15Br2N3O3S. The molecule has 2 aromatic heterocycles. The Bertz CT molecular complexity index is 1910. The number of carbonyl (C=O) groups excluding carboxylic acids is 1. The van der Waals surface area contributed by atoms with E-state index in [9.17, 15) is 9.59 Å². The summed E-state index contributed by atoms with van der Waals surface area (Å²) in [5.74, 6) is -0.630. The molecule has 4 aromatic carbocycles. The number of aromatic nitrogens is 1. The Balaban J connectivity index is 1.50. The lowest BCUT2D eigenvalue weighted by molar-refractivity contribution is 0.0984. The van der Waals surface area contributed by atoms with Crippen molar-refractivity contribution in [3.63, 3.8) is 0 Å². The van der Waals surface area contributed by atoms with Gasteiger partial charge in [0.1, 0.15) is 11.1 Å². The third-order valence-corrected chi connectivity index (χ3v) is 7.79. The average molecular weight is 633 g/mol. The second-order valence-corrected chi connectivity index (χ2v) is 11.0. The molecule has 0 N–H and O–H groups in total. The molecule has 1 amide bonds. The van der Waals surface area contributed by atoms with Crippen molar-refractivity contribution >= 4 is 92.4 Å². The van der Waals surface area contributed by atoms with Gasteiger partial charge in [0.15, 0.2) is 0 Å². The molecule has 37 heavy (non-hydrogen) atoms. The molecule has 0 aliphatic carbocycles. The Labute approximate surface area is 231 Å². The van der Waals surface area contributed by atoms with E-state index in [0.717, 1.165) is 40.5 Å². The molecule has 0 fully saturated rings. The number of carbonyl (C=O) groups is 1. The molecular weight excluding hydrogens is 618 g/mol. The predicted molar refractivity (Wildman–Crippen MR) is 156 cm³/mol. The molecule has 0 atom stereocenters. The maximum absolute atomic E-state index is 13.9. The van der Waals surface area contributed by atoms with E-state index in [1.165, 1.54) is 11.3 Å². The summed E-state index contributed by atoms with van der Waals surface area (Å²) in [4.78, 5) is 31.5. The lowest BCUT2D eigenvalue weighted by Crippen LogP contribution is -2.30. The van der Waals surface area contributed by atoms with Crippen LogP contribution >= 0.6 is 43.2 Å². The minimum absolute atomic E-state index is 0.128. The first-order valence-electron chi connectivity index (χ1n) is 11.1. The van der Waals surface area contributed by atoms with E-state index in [1.54, 1.807) is 18.3 Å². The Morgan fingerprint density at radius 2 is 1.70 bits per heavy atom. The Morgan fingerprint density at radius 1 is 0.919 bits per heavy atom. The van der Waals surface area contributed by atoms with Crippen LogP contribution in [0.2, 0.25) is 0 Å². The molecule has 0 unspecified atom stereocenters. The van der Waals surface area contributed by atoms with Gasteiger partial charge in [0, 0.05) is 14.3 Å². The van der Waals surface area contributed by atoms with Crippen LogP contribution in [0, 0.1) is 0 Å². The number of anilines is 1. The molecule has 6 rings (SSSR count). The minimum Gasteiger partial charge on any atom is -0.422 e. The average Bonchev–Trinajstić information content (AvgIpc) is 3.32. The molecule has 180 valence electrons. The second kappa shape index (κ2) is 9.66. The number of fused-ring (bicyclic) bond motifs is 4. The predicted octanol–water partition coefficient (Wildman–Crippen LogP) is 7.76. The van der Waals surface area contributed by atoms with Crippen molar-refractivity contribution in [3.05, 3.63) is 115 Å². The quantitative estimate of drug-likeness (QED) is 0.0861. The van der Waals surface area contributed by atoms with Crippen molar-refractivity contribution in [1.29, 1.82) is 0 Å². The van der Waals surface area contributed by atoms with E-state index in [1.807, 2.05) is 72.8 Å². The topological polar surface area (TPSA) is 75.8 Å². The zero-order valence-corrected chi connectivity index (χ0v) is 22.9. The summed E-state index contributed by atoms with van der Waals surface area (Å²) in [6.07, 6.45) is 1.56. The zero-order chi connectivity index (χ0) is 25.5. The number of nitrogens with zero attached hydrogens (tertiary/aromatic N) is 3. The van der Waals surface area contributed by atoms with E-state index in [2.05, 4.69) is 41.9 Å². The van der Waals surface area contributed by atoms with Crippen LogP contribution in [-0.2, 0) is 0 Å². The third kappa shape index (κ3) is 4.61. The van der Waals surface area contributed by atoms with Crippen LogP contribution in [0.5, 0.6) is 0 Å². The van der Waals surface area contributed by atoms with Crippen molar-refractivity contribution in [2.75, 3.05) is 5.01 Å². The first kappa shape index (κ1) is 23.7. The largest absolute Gasteiger partial charge is 0.422 e. The van der Waals surface area contributed by atoms with Crippen molar-refractivity contribution < 1.29 is 9.21 Å². The SMILES string of the molecule is O=C(c1cc2c(ccc3ccccc32)oc1=O)N(/N=C/c1ccc(Br)cc1)c1nc2ccc(Br)cc2s1. The Hall–Kier alpha value is -3.66. The van der Waals surface area contributed by atoms with Gasteiger partial charge in [-0.1, -0.05) is 85.7 Å². The molecule has 0 radical (unpaired) electrons. The highest BCUT2D eigenvalue weighted by Crippen LogP contribution is 2.32. The molecule has 6 aromatic rings. The zero-order valence-electron chi connectivity index (χ0n) is 18.9. The monoisotopic (exact) mass is 631 g/mol. The van der Waals surface area contributed by atoms with Gasteiger partial charge in [0.05, 0.1) is 16.4 Å². The number of amides is 1. The number of thiazole rings is 1. The van der Waals surface area contributed by atoms with Crippen LogP contribution in [0.25, 0.3) is 32.0 Å². The summed E-state index contributed by atoms with van der Waals surface area (Å²) < 4.78 is 8.27. The summed E-state index contributed by atoms with van der Waals surface area (Å²) in [5.41, 5.74) is 1.05. The summed E-state index contributed by atoms with van der Waals surface area (Å²) in [5, 5.41) is 8.49. The van der Waals surface area contributed by atoms with Crippen LogP contribution in [0.15, 0.2) is 108 Å². The standard InChI is InChI=1S/C28H15Br2N3O3S/c29-18-8-5-16(6-9-18)15-31-33(28-32-23-11-10-19(30)13-25(23)37-28)26(34)22-14-21-20-4-2-1-3-17(20)7-12-24(21)36-27(22)35/h1-15H/b31-15+. The van der Waals surface area contributed by atoms with Gasteiger partial charge in [-0.05, 0) is 58.8 Å². The Kier molecular flexibility index (Phi) is 6.19. The van der Waals surface area contributed by atoms with Gasteiger partial charge in [-0.2, -0.15) is 10.1 Å². The number of benzene rings is 4. The second-order valence-electron chi connectivity index (χ2n) is 8.17. The van der Waals surface area contributed by atoms with Crippen molar-refractivity contribution in [1.82, 2.24) is 4.98 Å². The minimum atomic E-state index is -0.736. The number of hydrazone groups is 1. The molecule has 0 spiro atoms. The van der Waals surface area contributed by atoms with Crippen molar-refractivity contribution in [3.8, 4) is 0 Å². The van der Waals surface area contributed by atoms with Crippen LogP contribution in [0.4, 0.5) is 5.13 Å². The summed E-state index contributed by atoms with van der Waals surface area (Å²) >= 11 is 8.20. The van der Waals surface area contributed by atoms with Gasteiger partial charge in [0.2, 0.25) is 5.13 Å². The van der Waals surface area contributed by atoms with Crippen LogP contribution in [0.1, 0.15) is 15.9 Å². The van der Waals surface area contributed by atoms with Crippen LogP contribution in [-0.4, -0.2) is 17.1 Å².